The van der Waals surface area contributed by atoms with Crippen molar-refractivity contribution in [1.29, 1.82) is 0 Å². The number of methoxy groups -OCH3 is 1. The van der Waals surface area contributed by atoms with E-state index in [0.29, 0.717) is 18.5 Å². The van der Waals surface area contributed by atoms with E-state index in [4.69, 9.17) is 27.9 Å². The first-order valence-corrected chi connectivity index (χ1v) is 9.29. The van der Waals surface area contributed by atoms with E-state index in [1.807, 2.05) is 65.6 Å². The van der Waals surface area contributed by atoms with Gasteiger partial charge in [0.15, 0.2) is 11.2 Å². The minimum absolute atomic E-state index is 0.514. The van der Waals surface area contributed by atoms with E-state index >= 15 is 0 Å². The van der Waals surface area contributed by atoms with Gasteiger partial charge < -0.3 is 9.72 Å². The van der Waals surface area contributed by atoms with Gasteiger partial charge >= 0.3 is 0 Å². The van der Waals surface area contributed by atoms with Crippen molar-refractivity contribution >= 4 is 23.2 Å². The Kier molecular flexibility index (Phi) is 4.97. The number of alkyl halides is 2. The van der Waals surface area contributed by atoms with Crippen molar-refractivity contribution in [3.8, 4) is 0 Å². The van der Waals surface area contributed by atoms with E-state index in [1.165, 1.54) is 7.11 Å². The second-order valence-corrected chi connectivity index (χ2v) is 7.35. The summed E-state index contributed by atoms with van der Waals surface area (Å²) in [4.78, 5) is 8.28. The van der Waals surface area contributed by atoms with Gasteiger partial charge in [0.2, 0.25) is 5.18 Å². The summed E-state index contributed by atoms with van der Waals surface area (Å²) in [6, 6.07) is 19.7. The number of imidazole rings is 1. The lowest BCUT2D eigenvalue weighted by Gasteiger charge is -2.40. The van der Waals surface area contributed by atoms with Crippen molar-refractivity contribution < 1.29 is 4.74 Å². The quantitative estimate of drug-likeness (QED) is 0.501. The predicted molar refractivity (Wildman–Crippen MR) is 106 cm³/mol. The molecule has 1 aromatic heterocycles. The molecule has 1 radical (unpaired) electrons. The lowest BCUT2D eigenvalue weighted by atomic mass is 10.0. The highest BCUT2D eigenvalue weighted by atomic mass is 35.5. The molecule has 2 heterocycles. The molecule has 5 nitrogen and oxygen atoms in total. The molecule has 0 bridgehead atoms. The van der Waals surface area contributed by atoms with Gasteiger partial charge in [0.25, 0.3) is 0 Å². The third kappa shape index (κ3) is 3.06. The normalized spacial score (nSPS) is 26.5. The molecule has 1 aliphatic heterocycles. The first kappa shape index (κ1) is 18.5. The van der Waals surface area contributed by atoms with Gasteiger partial charge in [0, 0.05) is 26.0 Å². The van der Waals surface area contributed by atoms with Gasteiger partial charge in [-0.2, -0.15) is 0 Å². The lowest BCUT2D eigenvalue weighted by Crippen LogP contribution is -2.52. The summed E-state index contributed by atoms with van der Waals surface area (Å²) in [7, 11) is 1.53. The van der Waals surface area contributed by atoms with Gasteiger partial charge in [-0.05, 0) is 11.1 Å². The number of hydrogen-bond acceptors (Lipinski definition) is 4. The minimum Gasteiger partial charge on any atom is -0.347 e. The Balaban J connectivity index is 1.85. The van der Waals surface area contributed by atoms with Crippen LogP contribution in [-0.2, 0) is 16.3 Å². The number of hydrogen-bond donors (Lipinski definition) is 2. The van der Waals surface area contributed by atoms with Crippen molar-refractivity contribution in [2.24, 2.45) is 0 Å². The first-order valence-electron chi connectivity index (χ1n) is 8.53. The molecule has 4 rings (SSSR count). The predicted octanol–water partition coefficient (Wildman–Crippen LogP) is 3.98. The molecule has 0 aliphatic carbocycles. The van der Waals surface area contributed by atoms with Crippen LogP contribution in [0.2, 0.25) is 0 Å². The van der Waals surface area contributed by atoms with Crippen LogP contribution in [0, 0.1) is 6.17 Å². The molecule has 2 atom stereocenters. The number of ether oxygens (including phenoxy) is 1. The average molecular weight is 402 g/mol. The highest BCUT2D eigenvalue weighted by Crippen LogP contribution is 2.54. The molecule has 1 fully saturated rings. The van der Waals surface area contributed by atoms with Crippen LogP contribution in [0.25, 0.3) is 0 Å². The third-order valence-electron chi connectivity index (χ3n) is 4.69. The summed E-state index contributed by atoms with van der Waals surface area (Å²) in [6.07, 6.45) is 4.11. The molecule has 2 N–H and O–H groups in total. The SMILES string of the molecule is COC1(Cl)N[C](c2ncc[nH]2)N(Cc2ccccc2)C1(Cl)c1ccccc1. The number of benzene rings is 2. The Morgan fingerprint density at radius 1 is 1.04 bits per heavy atom. The lowest BCUT2D eigenvalue weighted by molar-refractivity contribution is -0.00525. The molecule has 7 heteroatoms. The van der Waals surface area contributed by atoms with Crippen LogP contribution in [0.15, 0.2) is 73.1 Å². The summed E-state index contributed by atoms with van der Waals surface area (Å²) in [5, 5.41) is 1.84. The minimum atomic E-state index is -1.40. The Morgan fingerprint density at radius 3 is 2.30 bits per heavy atom. The van der Waals surface area contributed by atoms with Crippen LogP contribution in [-0.4, -0.2) is 27.2 Å². The van der Waals surface area contributed by atoms with Gasteiger partial charge in [-0.3, -0.25) is 0 Å². The van der Waals surface area contributed by atoms with E-state index in [1.54, 1.807) is 12.4 Å². The fraction of sp³-hybridized carbons (Fsp3) is 0.200. The first-order chi connectivity index (χ1) is 13.1. The summed E-state index contributed by atoms with van der Waals surface area (Å²) in [6.45, 7) is 0.514. The van der Waals surface area contributed by atoms with Crippen LogP contribution in [0.1, 0.15) is 17.0 Å². The Hall–Kier alpha value is -1.89. The van der Waals surface area contributed by atoms with Crippen LogP contribution >= 0.6 is 23.2 Å². The van der Waals surface area contributed by atoms with Crippen molar-refractivity contribution in [3.63, 3.8) is 0 Å². The number of nitrogens with one attached hydrogen (secondary N) is 2. The van der Waals surface area contributed by atoms with E-state index in [-0.39, 0.29) is 0 Å². The molecule has 139 valence electrons. The summed E-state index contributed by atoms with van der Waals surface area (Å²) < 4.78 is 5.68. The second-order valence-electron chi connectivity index (χ2n) is 6.27. The third-order valence-corrected chi connectivity index (χ3v) is 6.00. The van der Waals surface area contributed by atoms with E-state index in [0.717, 1.165) is 11.1 Å². The van der Waals surface area contributed by atoms with E-state index in [2.05, 4.69) is 15.3 Å². The molecule has 0 spiro atoms. The van der Waals surface area contributed by atoms with Gasteiger partial charge in [0.05, 0.1) is 0 Å². The highest BCUT2D eigenvalue weighted by molar-refractivity contribution is 6.34. The van der Waals surface area contributed by atoms with Crippen molar-refractivity contribution in [2.45, 2.75) is 16.7 Å². The number of aromatic nitrogens is 2. The molecule has 1 aliphatic rings. The summed E-state index contributed by atoms with van der Waals surface area (Å²) >= 11 is 14.2. The van der Waals surface area contributed by atoms with Gasteiger partial charge in [-0.1, -0.05) is 83.9 Å². The smallest absolute Gasteiger partial charge is 0.235 e. The Bertz CT molecular complexity index is 878. The topological polar surface area (TPSA) is 53.2 Å². The van der Waals surface area contributed by atoms with Crippen molar-refractivity contribution in [3.05, 3.63) is 96.2 Å². The molecule has 27 heavy (non-hydrogen) atoms. The molecule has 0 amide bonds. The number of aromatic amines is 1. The fourth-order valence-corrected chi connectivity index (χ4v) is 4.05. The molecule has 3 aromatic rings. The van der Waals surface area contributed by atoms with Crippen LogP contribution < -0.4 is 5.32 Å². The highest BCUT2D eigenvalue weighted by Gasteiger charge is 2.65. The Labute approximate surface area is 168 Å². The van der Waals surface area contributed by atoms with Crippen LogP contribution in [0.4, 0.5) is 0 Å². The maximum atomic E-state index is 7.27. The molecular formula is C20H19Cl2N4O. The maximum absolute atomic E-state index is 7.27. The number of rotatable bonds is 5. The second kappa shape index (κ2) is 7.26. The standard InChI is InChI=1S/C20H19Cl2N4O/c1-27-20(22)19(21,16-10-6-3-7-11-16)26(14-15-8-4-2-5-9-15)18(25-20)17-23-12-13-24-17/h2-13,25H,14H2,1H3,(H,23,24). The van der Waals surface area contributed by atoms with Crippen LogP contribution in [0.3, 0.4) is 0 Å². The zero-order valence-corrected chi connectivity index (χ0v) is 16.2. The number of H-pyrrole nitrogens is 1. The molecule has 2 aromatic carbocycles. The summed E-state index contributed by atoms with van der Waals surface area (Å²) in [5.74, 6) is 0.631. The Morgan fingerprint density at radius 2 is 1.70 bits per heavy atom. The van der Waals surface area contributed by atoms with Gasteiger partial charge in [0.1, 0.15) is 5.82 Å². The van der Waals surface area contributed by atoms with E-state index < -0.39 is 10.2 Å². The summed E-state index contributed by atoms with van der Waals surface area (Å²) in [5.41, 5.74) is 1.90. The van der Waals surface area contributed by atoms with Crippen LogP contribution in [0.5, 0.6) is 0 Å². The molecular weight excluding hydrogens is 383 g/mol. The molecule has 1 saturated heterocycles. The zero-order chi connectivity index (χ0) is 18.9. The molecule has 2 unspecified atom stereocenters. The zero-order valence-electron chi connectivity index (χ0n) is 14.7. The fourth-order valence-electron chi connectivity index (χ4n) is 3.35. The molecule has 0 saturated carbocycles. The maximum Gasteiger partial charge on any atom is 0.235 e. The van der Waals surface area contributed by atoms with Gasteiger partial charge in [-0.15, -0.1) is 0 Å². The number of halogens is 2. The van der Waals surface area contributed by atoms with E-state index in [9.17, 15) is 0 Å². The average Bonchev–Trinajstić information content (AvgIpc) is 3.32. The van der Waals surface area contributed by atoms with Crippen molar-refractivity contribution in [2.75, 3.05) is 7.11 Å². The monoisotopic (exact) mass is 401 g/mol. The van der Waals surface area contributed by atoms with Crippen molar-refractivity contribution in [1.82, 2.24) is 20.2 Å². The number of nitrogens with zero attached hydrogens (tertiary/aromatic N) is 2. The largest absolute Gasteiger partial charge is 0.347 e. The van der Waals surface area contributed by atoms with Gasteiger partial charge in [-0.25, -0.2) is 15.2 Å².